The second-order valence-corrected chi connectivity index (χ2v) is 7.47. The first-order valence-electron chi connectivity index (χ1n) is 9.62. The number of halogens is 1. The summed E-state index contributed by atoms with van der Waals surface area (Å²) in [5.74, 6) is -0.0824. The Labute approximate surface area is 180 Å². The molecule has 2 heterocycles. The molecule has 0 spiro atoms. The molecule has 0 saturated heterocycles. The normalized spacial score (nSPS) is 10.7. The third-order valence-corrected chi connectivity index (χ3v) is 5.21. The van der Waals surface area contributed by atoms with Crippen LogP contribution < -0.4 is 0 Å². The van der Waals surface area contributed by atoms with E-state index in [0.717, 1.165) is 22.4 Å². The van der Waals surface area contributed by atoms with Gasteiger partial charge in [0.1, 0.15) is 0 Å². The largest absolute Gasteiger partial charge is 0.337 e. The van der Waals surface area contributed by atoms with E-state index in [1.165, 1.54) is 0 Å². The van der Waals surface area contributed by atoms with E-state index in [0.29, 0.717) is 23.7 Å². The van der Waals surface area contributed by atoms with Gasteiger partial charge in [-0.3, -0.25) is 14.5 Å². The average molecular weight is 417 g/mol. The first-order chi connectivity index (χ1) is 14.6. The van der Waals surface area contributed by atoms with Gasteiger partial charge in [0, 0.05) is 48.3 Å². The monoisotopic (exact) mass is 416 g/mol. The van der Waals surface area contributed by atoms with Gasteiger partial charge in [-0.05, 0) is 23.8 Å². The molecule has 150 valence electrons. The maximum absolute atomic E-state index is 12.8. The van der Waals surface area contributed by atoms with E-state index in [1.807, 2.05) is 65.5 Å². The topological polar surface area (TPSA) is 51.0 Å². The summed E-state index contributed by atoms with van der Waals surface area (Å²) in [5.41, 5.74) is 4.38. The zero-order valence-electron chi connectivity index (χ0n) is 16.6. The van der Waals surface area contributed by atoms with Crippen LogP contribution in [0, 0.1) is 0 Å². The molecule has 0 bridgehead atoms. The maximum atomic E-state index is 12.8. The summed E-state index contributed by atoms with van der Waals surface area (Å²) in [6.45, 7) is 0.986. The molecule has 30 heavy (non-hydrogen) atoms. The molecular formula is C24H21ClN4O. The SMILES string of the molecule is CN(Cc1cn(Cc2ccccc2Cl)nc1-c1ccccc1)C(=O)c1cccnc1. The van der Waals surface area contributed by atoms with Crippen molar-refractivity contribution in [3.8, 4) is 11.3 Å². The quantitative estimate of drug-likeness (QED) is 0.448. The number of carbonyl (C=O) groups is 1. The highest BCUT2D eigenvalue weighted by Crippen LogP contribution is 2.25. The van der Waals surface area contributed by atoms with E-state index < -0.39 is 0 Å². The van der Waals surface area contributed by atoms with Crippen molar-refractivity contribution in [2.24, 2.45) is 0 Å². The number of hydrogen-bond donors (Lipinski definition) is 0. The van der Waals surface area contributed by atoms with Gasteiger partial charge < -0.3 is 4.90 Å². The van der Waals surface area contributed by atoms with Crippen LogP contribution in [0.4, 0.5) is 0 Å². The van der Waals surface area contributed by atoms with Crippen molar-refractivity contribution < 1.29 is 4.79 Å². The van der Waals surface area contributed by atoms with E-state index in [9.17, 15) is 4.79 Å². The molecule has 4 aromatic rings. The minimum Gasteiger partial charge on any atom is -0.337 e. The molecule has 0 unspecified atom stereocenters. The predicted octanol–water partition coefficient (Wildman–Crippen LogP) is 4.92. The van der Waals surface area contributed by atoms with Crippen molar-refractivity contribution in [1.29, 1.82) is 0 Å². The second kappa shape index (κ2) is 8.93. The summed E-state index contributed by atoms with van der Waals surface area (Å²) in [4.78, 5) is 18.5. The molecule has 6 heteroatoms. The molecule has 0 fully saturated rings. The Morgan fingerprint density at radius 3 is 2.50 bits per heavy atom. The Morgan fingerprint density at radius 2 is 1.77 bits per heavy atom. The molecule has 4 rings (SSSR count). The molecule has 2 aromatic heterocycles. The summed E-state index contributed by atoms with van der Waals surface area (Å²) >= 11 is 6.33. The third kappa shape index (κ3) is 4.42. The van der Waals surface area contributed by atoms with Crippen LogP contribution in [-0.2, 0) is 13.1 Å². The average Bonchev–Trinajstić information content (AvgIpc) is 3.18. The van der Waals surface area contributed by atoms with E-state index >= 15 is 0 Å². The molecule has 1 amide bonds. The number of aromatic nitrogens is 3. The number of rotatable bonds is 6. The highest BCUT2D eigenvalue weighted by atomic mass is 35.5. The van der Waals surface area contributed by atoms with Gasteiger partial charge in [0.2, 0.25) is 0 Å². The lowest BCUT2D eigenvalue weighted by atomic mass is 10.1. The van der Waals surface area contributed by atoms with E-state index in [4.69, 9.17) is 16.7 Å². The van der Waals surface area contributed by atoms with Crippen molar-refractivity contribution in [1.82, 2.24) is 19.7 Å². The van der Waals surface area contributed by atoms with Crippen LogP contribution in [0.25, 0.3) is 11.3 Å². The summed E-state index contributed by atoms with van der Waals surface area (Å²) in [5, 5.41) is 5.52. The molecule has 0 N–H and O–H groups in total. The van der Waals surface area contributed by atoms with Gasteiger partial charge in [-0.1, -0.05) is 60.1 Å². The van der Waals surface area contributed by atoms with E-state index in [1.54, 1.807) is 36.5 Å². The van der Waals surface area contributed by atoms with E-state index in [-0.39, 0.29) is 5.91 Å². The van der Waals surface area contributed by atoms with Crippen LogP contribution in [0.1, 0.15) is 21.5 Å². The van der Waals surface area contributed by atoms with Crippen LogP contribution in [0.15, 0.2) is 85.3 Å². The van der Waals surface area contributed by atoms with Crippen molar-refractivity contribution in [2.45, 2.75) is 13.1 Å². The van der Waals surface area contributed by atoms with Crippen molar-refractivity contribution in [3.05, 3.63) is 107 Å². The predicted molar refractivity (Wildman–Crippen MR) is 118 cm³/mol. The van der Waals surface area contributed by atoms with E-state index in [2.05, 4.69) is 4.98 Å². The first-order valence-corrected chi connectivity index (χ1v) is 10.0. The standard InChI is InChI=1S/C24H21ClN4O/c1-28(24(30)19-11-7-13-26-14-19)15-21-17-29(16-20-10-5-6-12-22(20)25)27-23(21)18-8-3-2-4-9-18/h2-14,17H,15-16H2,1H3. The van der Waals surface area contributed by atoms with Crippen LogP contribution >= 0.6 is 11.6 Å². The fourth-order valence-electron chi connectivity index (χ4n) is 3.34. The number of benzene rings is 2. The number of nitrogens with zero attached hydrogens (tertiary/aromatic N) is 4. The zero-order valence-corrected chi connectivity index (χ0v) is 17.3. The molecule has 0 aliphatic rings. The van der Waals surface area contributed by atoms with Crippen LogP contribution in [0.2, 0.25) is 5.02 Å². The summed E-state index contributed by atoms with van der Waals surface area (Å²) in [6.07, 6.45) is 5.22. The van der Waals surface area contributed by atoms with Gasteiger partial charge in [-0.2, -0.15) is 5.10 Å². The second-order valence-electron chi connectivity index (χ2n) is 7.06. The lowest BCUT2D eigenvalue weighted by Crippen LogP contribution is -2.26. The van der Waals surface area contributed by atoms with Crippen molar-refractivity contribution in [3.63, 3.8) is 0 Å². The van der Waals surface area contributed by atoms with Gasteiger partial charge in [-0.15, -0.1) is 0 Å². The van der Waals surface area contributed by atoms with Gasteiger partial charge in [0.15, 0.2) is 0 Å². The molecular weight excluding hydrogens is 396 g/mol. The molecule has 0 saturated carbocycles. The van der Waals surface area contributed by atoms with Crippen LogP contribution in [0.5, 0.6) is 0 Å². The number of amides is 1. The molecule has 5 nitrogen and oxygen atoms in total. The molecule has 0 atom stereocenters. The lowest BCUT2D eigenvalue weighted by molar-refractivity contribution is 0.0785. The number of carbonyl (C=O) groups excluding carboxylic acids is 1. The highest BCUT2D eigenvalue weighted by Gasteiger charge is 2.17. The minimum absolute atomic E-state index is 0.0824. The minimum atomic E-state index is -0.0824. The van der Waals surface area contributed by atoms with Gasteiger partial charge in [0.25, 0.3) is 5.91 Å². The summed E-state index contributed by atoms with van der Waals surface area (Å²) < 4.78 is 1.88. The van der Waals surface area contributed by atoms with Gasteiger partial charge >= 0.3 is 0 Å². The van der Waals surface area contributed by atoms with Crippen LogP contribution in [-0.4, -0.2) is 32.6 Å². The van der Waals surface area contributed by atoms with Crippen molar-refractivity contribution >= 4 is 17.5 Å². The first kappa shape index (κ1) is 19.9. The molecule has 0 radical (unpaired) electrons. The summed E-state index contributed by atoms with van der Waals surface area (Å²) in [7, 11) is 1.79. The maximum Gasteiger partial charge on any atom is 0.255 e. The lowest BCUT2D eigenvalue weighted by Gasteiger charge is -2.17. The fraction of sp³-hybridized carbons (Fsp3) is 0.125. The Kier molecular flexibility index (Phi) is 5.91. The zero-order chi connectivity index (χ0) is 20.9. The Morgan fingerprint density at radius 1 is 1.00 bits per heavy atom. The highest BCUT2D eigenvalue weighted by molar-refractivity contribution is 6.31. The molecule has 2 aromatic carbocycles. The van der Waals surface area contributed by atoms with Crippen molar-refractivity contribution in [2.75, 3.05) is 7.05 Å². The number of hydrogen-bond acceptors (Lipinski definition) is 3. The smallest absolute Gasteiger partial charge is 0.255 e. The van der Waals surface area contributed by atoms with Crippen LogP contribution in [0.3, 0.4) is 0 Å². The fourth-order valence-corrected chi connectivity index (χ4v) is 3.53. The Hall–Kier alpha value is -3.44. The third-order valence-electron chi connectivity index (χ3n) is 4.84. The summed E-state index contributed by atoms with van der Waals surface area (Å²) in [6, 6.07) is 21.3. The molecule has 0 aliphatic carbocycles. The Bertz CT molecular complexity index is 1140. The Balaban J connectivity index is 1.64. The molecule has 0 aliphatic heterocycles. The van der Waals surface area contributed by atoms with Gasteiger partial charge in [-0.25, -0.2) is 0 Å². The van der Waals surface area contributed by atoms with Gasteiger partial charge in [0.05, 0.1) is 17.8 Å². The number of pyridine rings is 1.